The summed E-state index contributed by atoms with van der Waals surface area (Å²) in [5, 5.41) is 14.6. The first-order valence-corrected chi connectivity index (χ1v) is 9.26. The molecule has 0 radical (unpaired) electrons. The Morgan fingerprint density at radius 2 is 1.89 bits per heavy atom. The largest absolute Gasteiger partial charge is 0.492 e. The van der Waals surface area contributed by atoms with Crippen molar-refractivity contribution in [3.8, 4) is 11.8 Å². The van der Waals surface area contributed by atoms with Gasteiger partial charge in [0.2, 0.25) is 0 Å². The predicted octanol–water partition coefficient (Wildman–Crippen LogP) is 4.79. The fourth-order valence-corrected chi connectivity index (χ4v) is 3.41. The molecule has 28 heavy (non-hydrogen) atoms. The van der Waals surface area contributed by atoms with Gasteiger partial charge in [-0.15, -0.1) is 12.4 Å². The van der Waals surface area contributed by atoms with Crippen LogP contribution in [-0.4, -0.2) is 36.3 Å². The third kappa shape index (κ3) is 4.36. The minimum absolute atomic E-state index is 0. The molecule has 144 valence electrons. The number of halogens is 1. The molecule has 2 heterocycles. The number of likely N-dealkylation sites (tertiary alicyclic amines) is 1. The number of aromatic nitrogens is 1. The van der Waals surface area contributed by atoms with E-state index in [1.165, 1.54) is 12.8 Å². The number of para-hydroxylation sites is 2. The van der Waals surface area contributed by atoms with Gasteiger partial charge in [-0.2, -0.15) is 5.26 Å². The van der Waals surface area contributed by atoms with E-state index in [1.54, 1.807) is 0 Å². The predicted molar refractivity (Wildman–Crippen MR) is 112 cm³/mol. The van der Waals surface area contributed by atoms with Crippen LogP contribution in [0.1, 0.15) is 24.1 Å². The SMILES string of the molecule is Cl.N#C/C(=C\c1ccccc1OCCN1CCCC1)c1noc2ccccc12. The van der Waals surface area contributed by atoms with E-state index in [1.807, 2.05) is 54.6 Å². The topological polar surface area (TPSA) is 62.3 Å². The monoisotopic (exact) mass is 395 g/mol. The lowest BCUT2D eigenvalue weighted by Crippen LogP contribution is -2.25. The van der Waals surface area contributed by atoms with E-state index in [9.17, 15) is 5.26 Å². The molecule has 3 aromatic rings. The second-order valence-electron chi connectivity index (χ2n) is 6.63. The molecule has 0 N–H and O–H groups in total. The number of nitriles is 1. The number of ether oxygens (including phenoxy) is 1. The lowest BCUT2D eigenvalue weighted by Gasteiger charge is -2.15. The van der Waals surface area contributed by atoms with Crippen LogP contribution >= 0.6 is 12.4 Å². The first-order chi connectivity index (χ1) is 13.3. The number of hydrogen-bond donors (Lipinski definition) is 0. The number of hydrogen-bond acceptors (Lipinski definition) is 5. The summed E-state index contributed by atoms with van der Waals surface area (Å²) in [7, 11) is 0. The van der Waals surface area contributed by atoms with Crippen LogP contribution in [0.2, 0.25) is 0 Å². The average Bonchev–Trinajstić information content (AvgIpc) is 3.37. The highest BCUT2D eigenvalue weighted by Gasteiger charge is 2.14. The standard InChI is InChI=1S/C22H21N3O2.ClH/c23-16-18(22-19-8-2-4-10-21(19)27-24-22)15-17-7-1-3-9-20(17)26-14-13-25-11-5-6-12-25;/h1-4,7-10,15H,5-6,11-14H2;1H/b18-15+;. The Morgan fingerprint density at radius 3 is 2.71 bits per heavy atom. The van der Waals surface area contributed by atoms with Crippen LogP contribution < -0.4 is 4.74 Å². The van der Waals surface area contributed by atoms with Crippen molar-refractivity contribution in [3.05, 3.63) is 59.8 Å². The van der Waals surface area contributed by atoms with Crippen LogP contribution in [0.5, 0.6) is 5.75 Å². The fraction of sp³-hybridized carbons (Fsp3) is 0.273. The lowest BCUT2D eigenvalue weighted by molar-refractivity contribution is 0.237. The van der Waals surface area contributed by atoms with Crippen molar-refractivity contribution < 1.29 is 9.26 Å². The second kappa shape index (κ2) is 9.41. The number of nitrogens with zero attached hydrogens (tertiary/aromatic N) is 3. The Labute approximate surface area is 170 Å². The van der Waals surface area contributed by atoms with Gasteiger partial charge in [-0.1, -0.05) is 35.5 Å². The summed E-state index contributed by atoms with van der Waals surface area (Å²) in [4.78, 5) is 2.42. The van der Waals surface area contributed by atoms with Crippen LogP contribution in [0.4, 0.5) is 0 Å². The molecule has 0 bridgehead atoms. The van der Waals surface area contributed by atoms with E-state index in [0.717, 1.165) is 36.3 Å². The van der Waals surface area contributed by atoms with Gasteiger partial charge < -0.3 is 9.26 Å². The summed E-state index contributed by atoms with van der Waals surface area (Å²) < 4.78 is 11.4. The maximum absolute atomic E-state index is 9.68. The Hall–Kier alpha value is -2.81. The number of rotatable bonds is 6. The molecular formula is C22H22ClN3O2. The summed E-state index contributed by atoms with van der Waals surface area (Å²) in [5.74, 6) is 0.775. The van der Waals surface area contributed by atoms with Crippen LogP contribution in [0.15, 0.2) is 53.1 Å². The van der Waals surface area contributed by atoms with E-state index >= 15 is 0 Å². The quantitative estimate of drug-likeness (QED) is 0.561. The van der Waals surface area contributed by atoms with Gasteiger partial charge in [-0.3, -0.25) is 4.90 Å². The minimum atomic E-state index is 0. The van der Waals surface area contributed by atoms with Crippen molar-refractivity contribution in [2.45, 2.75) is 12.8 Å². The third-order valence-corrected chi connectivity index (χ3v) is 4.84. The van der Waals surface area contributed by atoms with Gasteiger partial charge in [0.05, 0.1) is 11.0 Å². The van der Waals surface area contributed by atoms with E-state index in [4.69, 9.17) is 9.26 Å². The molecule has 1 fully saturated rings. The first-order valence-electron chi connectivity index (χ1n) is 9.26. The molecule has 6 heteroatoms. The van der Waals surface area contributed by atoms with Crippen molar-refractivity contribution in [3.63, 3.8) is 0 Å². The molecule has 1 aromatic heterocycles. The molecule has 0 spiro atoms. The molecule has 0 unspecified atom stereocenters. The van der Waals surface area contributed by atoms with Gasteiger partial charge in [0.25, 0.3) is 0 Å². The van der Waals surface area contributed by atoms with Crippen molar-refractivity contribution in [2.24, 2.45) is 0 Å². The zero-order valence-corrected chi connectivity index (χ0v) is 16.3. The summed E-state index contributed by atoms with van der Waals surface area (Å²) in [6.45, 7) is 3.88. The molecule has 0 saturated carbocycles. The van der Waals surface area contributed by atoms with Gasteiger partial charge in [-0.05, 0) is 50.2 Å². The smallest absolute Gasteiger partial charge is 0.167 e. The van der Waals surface area contributed by atoms with Gasteiger partial charge >= 0.3 is 0 Å². The van der Waals surface area contributed by atoms with Crippen molar-refractivity contribution in [2.75, 3.05) is 26.2 Å². The molecule has 2 aromatic carbocycles. The molecule has 4 rings (SSSR count). The third-order valence-electron chi connectivity index (χ3n) is 4.84. The minimum Gasteiger partial charge on any atom is -0.492 e. The first kappa shape index (κ1) is 19.9. The maximum atomic E-state index is 9.68. The highest BCUT2D eigenvalue weighted by atomic mass is 35.5. The summed E-state index contributed by atoms with van der Waals surface area (Å²) >= 11 is 0. The molecule has 1 saturated heterocycles. The van der Waals surface area contributed by atoms with E-state index < -0.39 is 0 Å². The normalized spacial score (nSPS) is 14.6. The molecule has 0 atom stereocenters. The van der Waals surface area contributed by atoms with E-state index in [0.29, 0.717) is 23.5 Å². The molecule has 0 amide bonds. The Balaban J connectivity index is 0.00000225. The Morgan fingerprint density at radius 1 is 1.14 bits per heavy atom. The second-order valence-corrected chi connectivity index (χ2v) is 6.63. The van der Waals surface area contributed by atoms with Crippen molar-refractivity contribution in [1.29, 1.82) is 5.26 Å². The zero-order chi connectivity index (χ0) is 18.5. The van der Waals surface area contributed by atoms with Crippen LogP contribution in [0, 0.1) is 11.3 Å². The van der Waals surface area contributed by atoms with Gasteiger partial charge in [0.1, 0.15) is 24.1 Å². The zero-order valence-electron chi connectivity index (χ0n) is 15.5. The van der Waals surface area contributed by atoms with Gasteiger partial charge in [0, 0.05) is 12.1 Å². The van der Waals surface area contributed by atoms with Crippen LogP contribution in [-0.2, 0) is 0 Å². The van der Waals surface area contributed by atoms with Crippen LogP contribution in [0.25, 0.3) is 22.6 Å². The molecule has 1 aliphatic rings. The number of allylic oxidation sites excluding steroid dienone is 1. The van der Waals surface area contributed by atoms with E-state index in [-0.39, 0.29) is 12.4 Å². The Bertz CT molecular complexity index is 1000. The van der Waals surface area contributed by atoms with Gasteiger partial charge in [0.15, 0.2) is 5.58 Å². The summed E-state index contributed by atoms with van der Waals surface area (Å²) in [5.41, 5.74) is 2.54. The van der Waals surface area contributed by atoms with E-state index in [2.05, 4.69) is 16.1 Å². The van der Waals surface area contributed by atoms with Crippen LogP contribution in [0.3, 0.4) is 0 Å². The maximum Gasteiger partial charge on any atom is 0.167 e. The molecule has 0 aliphatic carbocycles. The Kier molecular flexibility index (Phi) is 6.70. The highest BCUT2D eigenvalue weighted by Crippen LogP contribution is 2.28. The van der Waals surface area contributed by atoms with Gasteiger partial charge in [-0.25, -0.2) is 0 Å². The molecular weight excluding hydrogens is 374 g/mol. The summed E-state index contributed by atoms with van der Waals surface area (Å²) in [6.07, 6.45) is 4.36. The lowest BCUT2D eigenvalue weighted by atomic mass is 10.1. The summed E-state index contributed by atoms with van der Waals surface area (Å²) in [6, 6.07) is 17.6. The number of fused-ring (bicyclic) bond motifs is 1. The van der Waals surface area contributed by atoms with Crippen molar-refractivity contribution >= 4 is 35.0 Å². The number of benzene rings is 2. The average molecular weight is 396 g/mol. The highest BCUT2D eigenvalue weighted by molar-refractivity contribution is 5.99. The van der Waals surface area contributed by atoms with Crippen molar-refractivity contribution in [1.82, 2.24) is 10.1 Å². The molecule has 5 nitrogen and oxygen atoms in total. The fourth-order valence-electron chi connectivity index (χ4n) is 3.41. The molecule has 1 aliphatic heterocycles.